The standard InChI is InChI=1S/C11H14N2O2.CH2O3/c1-15-11(14)10-7-13-6-9(10)8-3-2-4-12-5-8;2-1(3)4/h2-5,9-10,13H,6-7H2,1H3;(H2,2,3,4)/t9-,10+;/m1./s1. The zero-order chi connectivity index (χ0) is 14.3. The fourth-order valence-corrected chi connectivity index (χ4v) is 2.02. The van der Waals surface area contributed by atoms with Crippen LogP contribution in [-0.4, -0.2) is 47.5 Å². The maximum Gasteiger partial charge on any atom is 0.503 e. The van der Waals surface area contributed by atoms with Crippen LogP contribution in [0.15, 0.2) is 24.5 Å². The van der Waals surface area contributed by atoms with Crippen LogP contribution in [0.2, 0.25) is 0 Å². The number of hydrogen-bond donors (Lipinski definition) is 3. The normalized spacial score (nSPS) is 21.1. The average Bonchev–Trinajstić information content (AvgIpc) is 2.87. The van der Waals surface area contributed by atoms with Crippen molar-refractivity contribution in [2.24, 2.45) is 5.92 Å². The SMILES string of the molecule is COC(=O)[C@H]1CNC[C@@H]1c1cccnc1.O=C(O)O. The molecular formula is C12H16N2O5. The zero-order valence-corrected chi connectivity index (χ0v) is 10.4. The molecule has 2 rings (SSSR count). The highest BCUT2D eigenvalue weighted by molar-refractivity contribution is 5.74. The maximum atomic E-state index is 11.5. The molecule has 0 saturated carbocycles. The van der Waals surface area contributed by atoms with Crippen LogP contribution in [0.3, 0.4) is 0 Å². The number of carboxylic acid groups (broad SMARTS) is 2. The van der Waals surface area contributed by atoms with Gasteiger partial charge in [-0.25, -0.2) is 4.79 Å². The van der Waals surface area contributed by atoms with Crippen molar-refractivity contribution in [3.8, 4) is 0 Å². The molecule has 104 valence electrons. The van der Waals surface area contributed by atoms with Gasteiger partial charge >= 0.3 is 12.1 Å². The smallest absolute Gasteiger partial charge is 0.469 e. The van der Waals surface area contributed by atoms with Crippen LogP contribution in [0.25, 0.3) is 0 Å². The lowest BCUT2D eigenvalue weighted by atomic mass is 9.90. The van der Waals surface area contributed by atoms with Crippen molar-refractivity contribution >= 4 is 12.1 Å². The molecule has 7 nitrogen and oxygen atoms in total. The Balaban J connectivity index is 0.000000399. The van der Waals surface area contributed by atoms with Gasteiger partial charge in [-0.1, -0.05) is 6.07 Å². The predicted molar refractivity (Wildman–Crippen MR) is 66.0 cm³/mol. The van der Waals surface area contributed by atoms with Crippen molar-refractivity contribution < 1.29 is 24.5 Å². The number of rotatable bonds is 2. The second kappa shape index (κ2) is 7.32. The van der Waals surface area contributed by atoms with Gasteiger partial charge in [0.2, 0.25) is 0 Å². The highest BCUT2D eigenvalue weighted by Gasteiger charge is 2.34. The first kappa shape index (κ1) is 14.9. The minimum absolute atomic E-state index is 0.0841. The van der Waals surface area contributed by atoms with E-state index in [0.29, 0.717) is 6.54 Å². The van der Waals surface area contributed by atoms with Crippen LogP contribution in [0.4, 0.5) is 4.79 Å². The Morgan fingerprint density at radius 2 is 2.11 bits per heavy atom. The van der Waals surface area contributed by atoms with E-state index in [1.54, 1.807) is 6.20 Å². The molecule has 3 N–H and O–H groups in total. The van der Waals surface area contributed by atoms with Gasteiger partial charge in [-0.05, 0) is 11.6 Å². The molecule has 1 aromatic rings. The van der Waals surface area contributed by atoms with E-state index in [1.165, 1.54) is 7.11 Å². The van der Waals surface area contributed by atoms with E-state index in [1.807, 2.05) is 18.3 Å². The fourth-order valence-electron chi connectivity index (χ4n) is 2.02. The Kier molecular flexibility index (Phi) is 5.74. The maximum absolute atomic E-state index is 11.5. The zero-order valence-electron chi connectivity index (χ0n) is 10.4. The van der Waals surface area contributed by atoms with E-state index < -0.39 is 6.16 Å². The van der Waals surface area contributed by atoms with E-state index >= 15 is 0 Å². The quantitative estimate of drug-likeness (QED) is 0.680. The van der Waals surface area contributed by atoms with Gasteiger partial charge in [-0.2, -0.15) is 0 Å². The molecule has 2 atom stereocenters. The molecular weight excluding hydrogens is 252 g/mol. The number of carbonyl (C=O) groups is 2. The molecule has 0 radical (unpaired) electrons. The van der Waals surface area contributed by atoms with Crippen molar-refractivity contribution in [2.45, 2.75) is 5.92 Å². The summed E-state index contributed by atoms with van der Waals surface area (Å²) < 4.78 is 4.79. The number of carbonyl (C=O) groups excluding carboxylic acids is 1. The summed E-state index contributed by atoms with van der Waals surface area (Å²) in [6.45, 7) is 1.50. The number of hydrogen-bond acceptors (Lipinski definition) is 5. The summed E-state index contributed by atoms with van der Waals surface area (Å²) >= 11 is 0. The van der Waals surface area contributed by atoms with E-state index in [4.69, 9.17) is 19.7 Å². The van der Waals surface area contributed by atoms with E-state index in [2.05, 4.69) is 10.3 Å². The first-order chi connectivity index (χ1) is 9.06. The van der Waals surface area contributed by atoms with Gasteiger partial charge in [0.1, 0.15) is 0 Å². The molecule has 0 aromatic carbocycles. The van der Waals surface area contributed by atoms with Gasteiger partial charge in [0.05, 0.1) is 13.0 Å². The largest absolute Gasteiger partial charge is 0.503 e. The summed E-state index contributed by atoms with van der Waals surface area (Å²) in [5.74, 6) is -0.0424. The molecule has 0 spiro atoms. The Morgan fingerprint density at radius 1 is 1.42 bits per heavy atom. The summed E-state index contributed by atoms with van der Waals surface area (Å²) in [7, 11) is 1.43. The molecule has 0 unspecified atom stereocenters. The third kappa shape index (κ3) is 4.55. The summed E-state index contributed by atoms with van der Waals surface area (Å²) in [5, 5.41) is 17.2. The van der Waals surface area contributed by atoms with Crippen LogP contribution < -0.4 is 5.32 Å². The number of ether oxygens (including phenoxy) is 1. The van der Waals surface area contributed by atoms with Gasteiger partial charge in [-0.15, -0.1) is 0 Å². The van der Waals surface area contributed by atoms with Gasteiger partial charge in [0, 0.05) is 31.4 Å². The van der Waals surface area contributed by atoms with Gasteiger partial charge in [0.15, 0.2) is 0 Å². The summed E-state index contributed by atoms with van der Waals surface area (Å²) in [6, 6.07) is 3.89. The molecule has 1 aliphatic rings. The molecule has 0 aliphatic carbocycles. The molecule has 2 heterocycles. The first-order valence-corrected chi connectivity index (χ1v) is 5.66. The lowest BCUT2D eigenvalue weighted by Gasteiger charge is -2.15. The monoisotopic (exact) mass is 268 g/mol. The van der Waals surface area contributed by atoms with Gasteiger partial charge in [0.25, 0.3) is 0 Å². The van der Waals surface area contributed by atoms with Crippen LogP contribution in [0.5, 0.6) is 0 Å². The number of pyridine rings is 1. The lowest BCUT2D eigenvalue weighted by molar-refractivity contribution is -0.145. The number of nitrogens with one attached hydrogen (secondary N) is 1. The van der Waals surface area contributed by atoms with E-state index in [0.717, 1.165) is 12.1 Å². The average molecular weight is 268 g/mol. The van der Waals surface area contributed by atoms with Gasteiger partial charge in [-0.3, -0.25) is 9.78 Å². The summed E-state index contributed by atoms with van der Waals surface area (Å²) in [6.07, 6.45) is 1.71. The van der Waals surface area contributed by atoms with Crippen LogP contribution in [0, 0.1) is 5.92 Å². The second-order valence-corrected chi connectivity index (χ2v) is 3.96. The molecule has 7 heteroatoms. The topological polar surface area (TPSA) is 109 Å². The van der Waals surface area contributed by atoms with Gasteiger partial charge < -0.3 is 20.3 Å². The van der Waals surface area contributed by atoms with Crippen molar-refractivity contribution in [3.05, 3.63) is 30.1 Å². The highest BCUT2D eigenvalue weighted by Crippen LogP contribution is 2.28. The van der Waals surface area contributed by atoms with Crippen molar-refractivity contribution in [2.75, 3.05) is 20.2 Å². The predicted octanol–water partition coefficient (Wildman–Crippen LogP) is 0.780. The van der Waals surface area contributed by atoms with Crippen LogP contribution in [0.1, 0.15) is 11.5 Å². The Hall–Kier alpha value is -2.15. The van der Waals surface area contributed by atoms with Crippen molar-refractivity contribution in [1.29, 1.82) is 0 Å². The third-order valence-corrected chi connectivity index (χ3v) is 2.83. The molecule has 0 amide bonds. The van der Waals surface area contributed by atoms with Crippen LogP contribution >= 0.6 is 0 Å². The van der Waals surface area contributed by atoms with Crippen LogP contribution in [-0.2, 0) is 9.53 Å². The minimum atomic E-state index is -1.83. The molecule has 0 bridgehead atoms. The Labute approximate surface area is 110 Å². The summed E-state index contributed by atoms with van der Waals surface area (Å²) in [4.78, 5) is 24.1. The summed E-state index contributed by atoms with van der Waals surface area (Å²) in [5.41, 5.74) is 1.10. The number of esters is 1. The van der Waals surface area contributed by atoms with E-state index in [9.17, 15) is 4.79 Å². The first-order valence-electron chi connectivity index (χ1n) is 5.66. The molecule has 1 fully saturated rings. The minimum Gasteiger partial charge on any atom is -0.469 e. The lowest BCUT2D eigenvalue weighted by Crippen LogP contribution is -2.22. The Morgan fingerprint density at radius 3 is 2.63 bits per heavy atom. The van der Waals surface area contributed by atoms with E-state index in [-0.39, 0.29) is 17.8 Å². The number of methoxy groups -OCH3 is 1. The highest BCUT2D eigenvalue weighted by atomic mass is 16.6. The third-order valence-electron chi connectivity index (χ3n) is 2.83. The second-order valence-electron chi connectivity index (χ2n) is 3.96. The van der Waals surface area contributed by atoms with Crippen molar-refractivity contribution in [3.63, 3.8) is 0 Å². The molecule has 1 aliphatic heterocycles. The number of aromatic nitrogens is 1. The molecule has 19 heavy (non-hydrogen) atoms. The molecule has 1 aromatic heterocycles. The Bertz CT molecular complexity index is 419. The number of nitrogens with zero attached hydrogens (tertiary/aromatic N) is 1. The fraction of sp³-hybridized carbons (Fsp3) is 0.417. The van der Waals surface area contributed by atoms with Crippen molar-refractivity contribution in [1.82, 2.24) is 10.3 Å². The molecule has 1 saturated heterocycles.